The molecule has 1 fully saturated rings. The molecule has 0 aromatic heterocycles. The molecule has 4 rings (SSSR count). The summed E-state index contributed by atoms with van der Waals surface area (Å²) in [5, 5.41) is 9.77. The molecule has 0 bridgehead atoms. The van der Waals surface area contributed by atoms with Gasteiger partial charge in [0, 0.05) is 11.5 Å². The van der Waals surface area contributed by atoms with E-state index in [1.165, 1.54) is 6.07 Å². The molecule has 0 radical (unpaired) electrons. The molecule has 5 heteroatoms. The van der Waals surface area contributed by atoms with Gasteiger partial charge in [-0.3, -0.25) is 0 Å². The van der Waals surface area contributed by atoms with E-state index in [1.54, 1.807) is 12.1 Å². The Morgan fingerprint density at radius 1 is 1.04 bits per heavy atom. The first kappa shape index (κ1) is 16.3. The molecule has 1 saturated carbocycles. The summed E-state index contributed by atoms with van der Waals surface area (Å²) in [5.41, 5.74) is 2.70. The number of hydrogen-bond acceptors (Lipinski definition) is 2. The van der Waals surface area contributed by atoms with Crippen molar-refractivity contribution in [1.29, 1.82) is 0 Å². The van der Waals surface area contributed by atoms with Gasteiger partial charge in [0.05, 0.1) is 5.92 Å². The zero-order chi connectivity index (χ0) is 17.8. The van der Waals surface area contributed by atoms with E-state index in [1.807, 2.05) is 31.2 Å². The van der Waals surface area contributed by atoms with Gasteiger partial charge in [0.25, 0.3) is 0 Å². The highest BCUT2D eigenvalue weighted by Gasteiger charge is 2.53. The lowest BCUT2D eigenvalue weighted by molar-refractivity contribution is -0.173. The molecular formula is C20H19F3O2. The van der Waals surface area contributed by atoms with Crippen molar-refractivity contribution in [2.75, 3.05) is 0 Å². The molecule has 132 valence electrons. The molecule has 1 N–H and O–H groups in total. The summed E-state index contributed by atoms with van der Waals surface area (Å²) < 4.78 is 46.2. The van der Waals surface area contributed by atoms with Crippen LogP contribution >= 0.6 is 0 Å². The van der Waals surface area contributed by atoms with Crippen molar-refractivity contribution in [2.45, 2.75) is 38.0 Å². The van der Waals surface area contributed by atoms with Gasteiger partial charge in [0.1, 0.15) is 17.6 Å². The Morgan fingerprint density at radius 2 is 1.76 bits per heavy atom. The fraction of sp³-hybridized carbons (Fsp3) is 0.400. The van der Waals surface area contributed by atoms with Gasteiger partial charge < -0.3 is 9.84 Å². The summed E-state index contributed by atoms with van der Waals surface area (Å²) in [5.74, 6) is -1.19. The molecule has 2 nitrogen and oxygen atoms in total. The highest BCUT2D eigenvalue weighted by atomic mass is 19.4. The molecular weight excluding hydrogens is 329 g/mol. The Bertz CT molecular complexity index is 783. The number of aromatic hydroxyl groups is 1. The van der Waals surface area contributed by atoms with Crippen LogP contribution in [-0.2, 0) is 0 Å². The van der Waals surface area contributed by atoms with Gasteiger partial charge in [-0.25, -0.2) is 0 Å². The van der Waals surface area contributed by atoms with Crippen molar-refractivity contribution in [3.05, 3.63) is 59.2 Å². The highest BCUT2D eigenvalue weighted by Crippen LogP contribution is 2.58. The summed E-state index contributed by atoms with van der Waals surface area (Å²) in [6.07, 6.45) is -4.49. The van der Waals surface area contributed by atoms with Crippen LogP contribution < -0.4 is 4.74 Å². The van der Waals surface area contributed by atoms with E-state index in [-0.39, 0.29) is 30.4 Å². The van der Waals surface area contributed by atoms with Crippen LogP contribution in [0, 0.1) is 18.8 Å². The second-order valence-corrected chi connectivity index (χ2v) is 7.15. The number of alkyl halides is 3. The predicted octanol–water partition coefficient (Wildman–Crippen LogP) is 5.51. The largest absolute Gasteiger partial charge is 0.508 e. The van der Waals surface area contributed by atoms with Crippen LogP contribution in [0.15, 0.2) is 42.5 Å². The van der Waals surface area contributed by atoms with E-state index < -0.39 is 18.2 Å². The summed E-state index contributed by atoms with van der Waals surface area (Å²) >= 11 is 0. The van der Waals surface area contributed by atoms with E-state index in [2.05, 4.69) is 0 Å². The second kappa shape index (κ2) is 5.68. The monoisotopic (exact) mass is 348 g/mol. The normalized spacial score (nSPS) is 28.2. The minimum Gasteiger partial charge on any atom is -0.508 e. The van der Waals surface area contributed by atoms with Gasteiger partial charge in [0.2, 0.25) is 0 Å². The van der Waals surface area contributed by atoms with Crippen LogP contribution in [0.4, 0.5) is 13.2 Å². The molecule has 2 aliphatic rings. The van der Waals surface area contributed by atoms with Crippen LogP contribution in [0.5, 0.6) is 11.5 Å². The number of phenolic OH excluding ortho intramolecular Hbond substituents is 1. The number of ether oxygens (including phenoxy) is 1. The quantitative estimate of drug-likeness (QED) is 0.737. The molecule has 2 aromatic carbocycles. The first-order chi connectivity index (χ1) is 11.8. The lowest BCUT2D eigenvalue weighted by Gasteiger charge is -2.36. The van der Waals surface area contributed by atoms with Crippen LogP contribution in [0.25, 0.3) is 0 Å². The SMILES string of the molecule is Cc1ccc([C@H]2Oc3ccc(O)cc3[C@H]3C[C@H](C(F)(F)F)C[C@H]32)cc1. The van der Waals surface area contributed by atoms with Gasteiger partial charge in [-0.2, -0.15) is 13.2 Å². The molecule has 4 atom stereocenters. The van der Waals surface area contributed by atoms with Crippen molar-refractivity contribution in [2.24, 2.45) is 11.8 Å². The Hall–Kier alpha value is -2.17. The number of rotatable bonds is 1. The summed E-state index contributed by atoms with van der Waals surface area (Å²) in [6.45, 7) is 1.97. The summed E-state index contributed by atoms with van der Waals surface area (Å²) in [7, 11) is 0. The van der Waals surface area contributed by atoms with Crippen LogP contribution in [0.2, 0.25) is 0 Å². The van der Waals surface area contributed by atoms with Crippen molar-refractivity contribution in [1.82, 2.24) is 0 Å². The van der Waals surface area contributed by atoms with Gasteiger partial charge in [0.15, 0.2) is 0 Å². The summed E-state index contributed by atoms with van der Waals surface area (Å²) in [6, 6.07) is 12.5. The van der Waals surface area contributed by atoms with Crippen molar-refractivity contribution >= 4 is 0 Å². The Balaban J connectivity index is 1.77. The Morgan fingerprint density at radius 3 is 2.44 bits per heavy atom. The topological polar surface area (TPSA) is 29.5 Å². The maximum Gasteiger partial charge on any atom is 0.391 e. The third kappa shape index (κ3) is 2.86. The number of fused-ring (bicyclic) bond motifs is 3. The minimum atomic E-state index is -4.20. The lowest BCUT2D eigenvalue weighted by atomic mass is 9.80. The average Bonchev–Trinajstić information content (AvgIpc) is 3.01. The first-order valence-corrected chi connectivity index (χ1v) is 8.46. The van der Waals surface area contributed by atoms with Gasteiger partial charge in [-0.1, -0.05) is 29.8 Å². The van der Waals surface area contributed by atoms with Crippen molar-refractivity contribution in [3.63, 3.8) is 0 Å². The zero-order valence-electron chi connectivity index (χ0n) is 13.8. The molecule has 0 saturated heterocycles. The molecule has 0 amide bonds. The third-order valence-corrected chi connectivity index (χ3v) is 5.52. The van der Waals surface area contributed by atoms with E-state index >= 15 is 0 Å². The zero-order valence-corrected chi connectivity index (χ0v) is 13.8. The maximum atomic E-state index is 13.3. The number of aryl methyl sites for hydroxylation is 1. The molecule has 1 aliphatic heterocycles. The molecule has 0 spiro atoms. The van der Waals surface area contributed by atoms with E-state index in [0.29, 0.717) is 11.3 Å². The predicted molar refractivity (Wildman–Crippen MR) is 87.7 cm³/mol. The molecule has 1 heterocycles. The molecule has 0 unspecified atom stereocenters. The van der Waals surface area contributed by atoms with Crippen LogP contribution in [0.3, 0.4) is 0 Å². The maximum absolute atomic E-state index is 13.3. The third-order valence-electron chi connectivity index (χ3n) is 5.52. The highest BCUT2D eigenvalue weighted by molar-refractivity contribution is 5.45. The number of benzene rings is 2. The molecule has 1 aliphatic carbocycles. The summed E-state index contributed by atoms with van der Waals surface area (Å²) in [4.78, 5) is 0. The Labute approximate surface area is 144 Å². The van der Waals surface area contributed by atoms with Crippen molar-refractivity contribution < 1.29 is 23.0 Å². The van der Waals surface area contributed by atoms with Gasteiger partial charge in [-0.15, -0.1) is 0 Å². The fourth-order valence-corrected chi connectivity index (χ4v) is 4.26. The fourth-order valence-electron chi connectivity index (χ4n) is 4.26. The van der Waals surface area contributed by atoms with Crippen LogP contribution in [0.1, 0.15) is 41.6 Å². The Kier molecular flexibility index (Phi) is 3.71. The smallest absolute Gasteiger partial charge is 0.391 e. The van der Waals surface area contributed by atoms with Crippen molar-refractivity contribution in [3.8, 4) is 11.5 Å². The lowest BCUT2D eigenvalue weighted by Crippen LogP contribution is -2.27. The van der Waals surface area contributed by atoms with Gasteiger partial charge >= 0.3 is 6.18 Å². The number of phenols is 1. The van der Waals surface area contributed by atoms with E-state index in [9.17, 15) is 18.3 Å². The van der Waals surface area contributed by atoms with E-state index in [0.717, 1.165) is 11.1 Å². The minimum absolute atomic E-state index is 0.0519. The standard InChI is InChI=1S/C20H19F3O2/c1-11-2-4-12(5-3-11)19-17-9-13(20(21,22)23)8-15(17)16-10-14(24)6-7-18(16)25-19/h2-7,10,13,15,17,19,24H,8-9H2,1H3/t13-,15+,17+,19+/m0/s1. The molecule has 25 heavy (non-hydrogen) atoms. The van der Waals surface area contributed by atoms with E-state index in [4.69, 9.17) is 4.74 Å². The molecule has 2 aromatic rings. The average molecular weight is 348 g/mol. The van der Waals surface area contributed by atoms with Crippen LogP contribution in [-0.4, -0.2) is 11.3 Å². The number of halogens is 3. The van der Waals surface area contributed by atoms with Gasteiger partial charge in [-0.05, 0) is 49.4 Å². The first-order valence-electron chi connectivity index (χ1n) is 8.46. The second-order valence-electron chi connectivity index (χ2n) is 7.15. The number of hydrogen-bond donors (Lipinski definition) is 1.